The lowest BCUT2D eigenvalue weighted by molar-refractivity contribution is 0.102. The van der Waals surface area contributed by atoms with Gasteiger partial charge in [0.1, 0.15) is 5.82 Å². The molecule has 0 unspecified atom stereocenters. The standard InChI is InChI=1S/C10H11N5O/c1-7-3-4-9(11-5-7)12-10(16)8-6-15(2)14-13-8/h3-6H,1-2H3,(H,11,12,16). The molecule has 0 fully saturated rings. The lowest BCUT2D eigenvalue weighted by Crippen LogP contribution is -2.13. The molecule has 0 saturated carbocycles. The van der Waals surface area contributed by atoms with Gasteiger partial charge in [-0.1, -0.05) is 11.3 Å². The van der Waals surface area contributed by atoms with Crippen LogP contribution in [-0.2, 0) is 7.05 Å². The van der Waals surface area contributed by atoms with Crippen molar-refractivity contribution < 1.29 is 4.79 Å². The van der Waals surface area contributed by atoms with Crippen LogP contribution in [0.3, 0.4) is 0 Å². The van der Waals surface area contributed by atoms with E-state index in [-0.39, 0.29) is 11.6 Å². The van der Waals surface area contributed by atoms with E-state index in [1.165, 1.54) is 4.68 Å². The van der Waals surface area contributed by atoms with E-state index in [0.29, 0.717) is 5.82 Å². The van der Waals surface area contributed by atoms with Gasteiger partial charge in [0.15, 0.2) is 5.69 Å². The Morgan fingerprint density at radius 3 is 2.81 bits per heavy atom. The van der Waals surface area contributed by atoms with Crippen LogP contribution in [0.15, 0.2) is 24.5 Å². The monoisotopic (exact) mass is 217 g/mol. The van der Waals surface area contributed by atoms with E-state index in [9.17, 15) is 4.79 Å². The minimum atomic E-state index is -0.315. The Morgan fingerprint density at radius 2 is 2.25 bits per heavy atom. The highest BCUT2D eigenvalue weighted by atomic mass is 16.2. The first-order valence-electron chi connectivity index (χ1n) is 4.75. The van der Waals surface area contributed by atoms with Crippen molar-refractivity contribution in [2.24, 2.45) is 7.05 Å². The Morgan fingerprint density at radius 1 is 1.44 bits per heavy atom. The molecule has 0 aliphatic rings. The predicted octanol–water partition coefficient (Wildman–Crippen LogP) is 0.771. The van der Waals surface area contributed by atoms with Gasteiger partial charge >= 0.3 is 0 Å². The molecule has 0 atom stereocenters. The highest BCUT2D eigenvalue weighted by Crippen LogP contribution is 2.05. The quantitative estimate of drug-likeness (QED) is 0.806. The molecule has 2 aromatic heterocycles. The fourth-order valence-corrected chi connectivity index (χ4v) is 1.17. The first-order valence-corrected chi connectivity index (χ1v) is 4.75. The number of carbonyl (C=O) groups is 1. The summed E-state index contributed by atoms with van der Waals surface area (Å²) in [7, 11) is 1.70. The summed E-state index contributed by atoms with van der Waals surface area (Å²) in [6, 6.07) is 3.61. The van der Waals surface area contributed by atoms with Crippen molar-refractivity contribution in [1.29, 1.82) is 0 Å². The Kier molecular flexibility index (Phi) is 2.63. The first kappa shape index (κ1) is 10.3. The largest absolute Gasteiger partial charge is 0.305 e. The van der Waals surface area contributed by atoms with Gasteiger partial charge in [0.2, 0.25) is 0 Å². The number of rotatable bonds is 2. The van der Waals surface area contributed by atoms with E-state index >= 15 is 0 Å². The number of hydrogen-bond acceptors (Lipinski definition) is 4. The van der Waals surface area contributed by atoms with E-state index in [0.717, 1.165) is 5.56 Å². The van der Waals surface area contributed by atoms with Gasteiger partial charge < -0.3 is 5.32 Å². The summed E-state index contributed by atoms with van der Waals surface area (Å²) < 4.78 is 1.47. The van der Waals surface area contributed by atoms with Gasteiger partial charge in [-0.25, -0.2) is 4.98 Å². The van der Waals surface area contributed by atoms with Crippen molar-refractivity contribution in [2.75, 3.05) is 5.32 Å². The van der Waals surface area contributed by atoms with Crippen LogP contribution in [0, 0.1) is 6.92 Å². The second kappa shape index (κ2) is 4.09. The summed E-state index contributed by atoms with van der Waals surface area (Å²) >= 11 is 0. The zero-order chi connectivity index (χ0) is 11.5. The Bertz CT molecular complexity index is 502. The molecule has 1 amide bonds. The summed E-state index contributed by atoms with van der Waals surface area (Å²) in [6.07, 6.45) is 3.23. The number of aromatic nitrogens is 4. The smallest absolute Gasteiger partial charge is 0.278 e. The Balaban J connectivity index is 2.10. The highest BCUT2D eigenvalue weighted by molar-refractivity contribution is 6.01. The SMILES string of the molecule is Cc1ccc(NC(=O)c2cn(C)nn2)nc1. The molecule has 0 aliphatic heterocycles. The van der Waals surface area contributed by atoms with Crippen molar-refractivity contribution in [3.8, 4) is 0 Å². The molecular formula is C10H11N5O. The molecule has 6 nitrogen and oxygen atoms in total. The summed E-state index contributed by atoms with van der Waals surface area (Å²) in [5.41, 5.74) is 1.31. The van der Waals surface area contributed by atoms with Gasteiger partial charge in [-0.2, -0.15) is 0 Å². The van der Waals surface area contributed by atoms with Gasteiger partial charge in [-0.05, 0) is 18.6 Å². The number of aryl methyl sites for hydroxylation is 2. The van der Waals surface area contributed by atoms with Crippen LogP contribution < -0.4 is 5.32 Å². The number of anilines is 1. The zero-order valence-electron chi connectivity index (χ0n) is 9.01. The summed E-state index contributed by atoms with van der Waals surface area (Å²) in [4.78, 5) is 15.7. The molecule has 2 heterocycles. The maximum atomic E-state index is 11.6. The molecular weight excluding hydrogens is 206 g/mol. The Hall–Kier alpha value is -2.24. The summed E-state index contributed by atoms with van der Waals surface area (Å²) in [5.74, 6) is 0.186. The molecule has 0 aliphatic carbocycles. The fraction of sp³-hybridized carbons (Fsp3) is 0.200. The number of nitrogens with one attached hydrogen (secondary N) is 1. The predicted molar refractivity (Wildman–Crippen MR) is 57.9 cm³/mol. The molecule has 6 heteroatoms. The highest BCUT2D eigenvalue weighted by Gasteiger charge is 2.10. The summed E-state index contributed by atoms with van der Waals surface area (Å²) in [6.45, 7) is 1.93. The van der Waals surface area contributed by atoms with Crippen molar-refractivity contribution >= 4 is 11.7 Å². The number of nitrogens with zero attached hydrogens (tertiary/aromatic N) is 4. The number of amides is 1. The molecule has 82 valence electrons. The molecule has 1 N–H and O–H groups in total. The average molecular weight is 217 g/mol. The second-order valence-corrected chi connectivity index (χ2v) is 3.45. The van der Waals surface area contributed by atoms with Crippen LogP contribution in [0.25, 0.3) is 0 Å². The van der Waals surface area contributed by atoms with Gasteiger partial charge in [0, 0.05) is 13.2 Å². The zero-order valence-corrected chi connectivity index (χ0v) is 9.01. The minimum absolute atomic E-state index is 0.268. The van der Waals surface area contributed by atoms with Crippen LogP contribution in [0.4, 0.5) is 5.82 Å². The van der Waals surface area contributed by atoms with Crippen molar-refractivity contribution in [3.05, 3.63) is 35.8 Å². The minimum Gasteiger partial charge on any atom is -0.305 e. The number of pyridine rings is 1. The second-order valence-electron chi connectivity index (χ2n) is 3.45. The Labute approximate surface area is 92.3 Å². The molecule has 16 heavy (non-hydrogen) atoms. The molecule has 0 saturated heterocycles. The fourth-order valence-electron chi connectivity index (χ4n) is 1.17. The van der Waals surface area contributed by atoms with Crippen LogP contribution in [0.1, 0.15) is 16.1 Å². The van der Waals surface area contributed by atoms with Crippen molar-refractivity contribution in [3.63, 3.8) is 0 Å². The van der Waals surface area contributed by atoms with Gasteiger partial charge in [-0.15, -0.1) is 5.10 Å². The summed E-state index contributed by atoms with van der Waals surface area (Å²) in [5, 5.41) is 10.0. The normalized spacial score (nSPS) is 10.1. The molecule has 2 rings (SSSR count). The van der Waals surface area contributed by atoms with E-state index < -0.39 is 0 Å². The lowest BCUT2D eigenvalue weighted by atomic mass is 10.3. The van der Waals surface area contributed by atoms with Gasteiger partial charge in [0.05, 0.1) is 6.20 Å². The topological polar surface area (TPSA) is 72.7 Å². The van der Waals surface area contributed by atoms with Crippen molar-refractivity contribution in [1.82, 2.24) is 20.0 Å². The molecule has 0 spiro atoms. The van der Waals surface area contributed by atoms with Crippen LogP contribution in [0.5, 0.6) is 0 Å². The van der Waals surface area contributed by atoms with Gasteiger partial charge in [0.25, 0.3) is 5.91 Å². The van der Waals surface area contributed by atoms with E-state index in [1.807, 2.05) is 13.0 Å². The third-order valence-electron chi connectivity index (χ3n) is 1.99. The van der Waals surface area contributed by atoms with E-state index in [4.69, 9.17) is 0 Å². The third kappa shape index (κ3) is 2.22. The molecule has 0 bridgehead atoms. The van der Waals surface area contributed by atoms with E-state index in [1.54, 1.807) is 25.5 Å². The molecule has 2 aromatic rings. The maximum Gasteiger partial charge on any atom is 0.278 e. The van der Waals surface area contributed by atoms with Gasteiger partial charge in [-0.3, -0.25) is 9.48 Å². The molecule has 0 radical (unpaired) electrons. The van der Waals surface area contributed by atoms with E-state index in [2.05, 4.69) is 20.6 Å². The average Bonchev–Trinajstić information content (AvgIpc) is 2.68. The molecule has 0 aromatic carbocycles. The first-order chi connectivity index (χ1) is 7.65. The number of hydrogen-bond donors (Lipinski definition) is 1. The van der Waals surface area contributed by atoms with Crippen LogP contribution in [0.2, 0.25) is 0 Å². The lowest BCUT2D eigenvalue weighted by Gasteiger charge is -2.01. The van der Waals surface area contributed by atoms with Crippen LogP contribution in [-0.4, -0.2) is 25.9 Å². The van der Waals surface area contributed by atoms with Crippen LogP contribution >= 0.6 is 0 Å². The van der Waals surface area contributed by atoms with Crippen molar-refractivity contribution in [2.45, 2.75) is 6.92 Å². The maximum absolute atomic E-state index is 11.6. The third-order valence-corrected chi connectivity index (χ3v) is 1.99. The number of carbonyl (C=O) groups excluding carboxylic acids is 1.